The Hall–Kier alpha value is -0.350. The van der Waals surface area contributed by atoms with Crippen molar-refractivity contribution >= 4 is 23.2 Å². The monoisotopic (exact) mass is 279 g/mol. The molecule has 0 saturated heterocycles. The van der Waals surface area contributed by atoms with Crippen molar-refractivity contribution in [2.24, 2.45) is 11.7 Å². The average molecular weight is 280 g/mol. The lowest BCUT2D eigenvalue weighted by Gasteiger charge is -2.25. The highest BCUT2D eigenvalue weighted by Crippen LogP contribution is 2.32. The first-order valence-corrected chi connectivity index (χ1v) is 6.22. The van der Waals surface area contributed by atoms with Gasteiger partial charge in [0.15, 0.2) is 0 Å². The highest BCUT2D eigenvalue weighted by molar-refractivity contribution is 6.33. The molecule has 96 valence electrons. The van der Waals surface area contributed by atoms with Gasteiger partial charge in [0, 0.05) is 10.6 Å². The fraction of sp³-hybridized carbons (Fsp3) is 0.500. The molecule has 1 unspecified atom stereocenters. The summed E-state index contributed by atoms with van der Waals surface area (Å²) in [7, 11) is 0. The molecule has 0 saturated carbocycles. The van der Waals surface area contributed by atoms with E-state index in [-0.39, 0.29) is 21.5 Å². The third-order valence-corrected chi connectivity index (χ3v) is 3.63. The van der Waals surface area contributed by atoms with Crippen LogP contribution in [0.3, 0.4) is 0 Å². The summed E-state index contributed by atoms with van der Waals surface area (Å²) in [5, 5.41) is 10.1. The molecule has 1 aromatic carbocycles. The van der Waals surface area contributed by atoms with Gasteiger partial charge in [-0.15, -0.1) is 0 Å². The van der Waals surface area contributed by atoms with Crippen LogP contribution in [0.15, 0.2) is 12.1 Å². The van der Waals surface area contributed by atoms with E-state index in [1.54, 1.807) is 0 Å². The predicted molar refractivity (Wildman–Crippen MR) is 68.8 cm³/mol. The number of aliphatic hydroxyl groups excluding tert-OH is 1. The summed E-state index contributed by atoms with van der Waals surface area (Å²) in [6, 6.07) is 1.97. The Morgan fingerprint density at radius 3 is 2.41 bits per heavy atom. The van der Waals surface area contributed by atoms with Crippen molar-refractivity contribution in [3.63, 3.8) is 0 Å². The first kappa shape index (κ1) is 14.7. The third kappa shape index (κ3) is 3.10. The fourth-order valence-electron chi connectivity index (χ4n) is 1.61. The molecule has 0 aliphatic heterocycles. The lowest BCUT2D eigenvalue weighted by Crippen LogP contribution is -2.32. The maximum Gasteiger partial charge on any atom is 0.148 e. The quantitative estimate of drug-likeness (QED) is 0.829. The number of halogens is 3. The molecule has 0 heterocycles. The number of nitrogens with two attached hydrogens (primary N) is 1. The summed E-state index contributed by atoms with van der Waals surface area (Å²) in [5.41, 5.74) is 5.93. The van der Waals surface area contributed by atoms with Gasteiger partial charge in [-0.25, -0.2) is 4.39 Å². The van der Waals surface area contributed by atoms with E-state index < -0.39 is 18.0 Å². The van der Waals surface area contributed by atoms with E-state index in [9.17, 15) is 9.50 Å². The smallest absolute Gasteiger partial charge is 0.148 e. The van der Waals surface area contributed by atoms with Crippen LogP contribution in [-0.2, 0) is 0 Å². The van der Waals surface area contributed by atoms with E-state index in [2.05, 4.69) is 0 Å². The van der Waals surface area contributed by atoms with Crippen LogP contribution in [0.25, 0.3) is 0 Å². The third-order valence-electron chi connectivity index (χ3n) is 3.01. The van der Waals surface area contributed by atoms with Crippen molar-refractivity contribution in [3.8, 4) is 0 Å². The van der Waals surface area contributed by atoms with Gasteiger partial charge in [0.1, 0.15) is 5.82 Å². The molecular weight excluding hydrogens is 264 g/mol. The van der Waals surface area contributed by atoms with Gasteiger partial charge in [-0.3, -0.25) is 0 Å². The van der Waals surface area contributed by atoms with Crippen molar-refractivity contribution in [1.82, 2.24) is 0 Å². The molecule has 0 aromatic heterocycles. The van der Waals surface area contributed by atoms with Crippen LogP contribution in [-0.4, -0.2) is 11.2 Å². The summed E-state index contributed by atoms with van der Waals surface area (Å²) in [6.45, 7) is 3.78. The number of rotatable bonds is 4. The van der Waals surface area contributed by atoms with Crippen LogP contribution in [0.4, 0.5) is 4.39 Å². The first-order chi connectivity index (χ1) is 7.90. The second-order valence-corrected chi connectivity index (χ2v) is 4.97. The minimum Gasteiger partial charge on any atom is -0.391 e. The lowest BCUT2D eigenvalue weighted by molar-refractivity contribution is 0.0868. The van der Waals surface area contributed by atoms with Crippen LogP contribution in [0.5, 0.6) is 0 Å². The van der Waals surface area contributed by atoms with Gasteiger partial charge in [0.25, 0.3) is 0 Å². The van der Waals surface area contributed by atoms with Crippen LogP contribution >= 0.6 is 23.2 Å². The van der Waals surface area contributed by atoms with Crippen molar-refractivity contribution in [2.75, 3.05) is 0 Å². The molecule has 0 spiro atoms. The molecule has 0 amide bonds. The van der Waals surface area contributed by atoms with E-state index in [0.717, 1.165) is 6.42 Å². The van der Waals surface area contributed by atoms with Crippen LogP contribution in [0.2, 0.25) is 10.0 Å². The second-order valence-electron chi connectivity index (χ2n) is 4.16. The Labute approximate surface area is 111 Å². The molecule has 2 nitrogen and oxygen atoms in total. The molecule has 0 radical (unpaired) electrons. The largest absolute Gasteiger partial charge is 0.391 e. The Balaban J connectivity index is 3.11. The number of hydrogen-bond acceptors (Lipinski definition) is 2. The molecule has 0 aliphatic rings. The summed E-state index contributed by atoms with van der Waals surface area (Å²) in [4.78, 5) is 0. The van der Waals surface area contributed by atoms with Gasteiger partial charge in [0.2, 0.25) is 0 Å². The van der Waals surface area contributed by atoms with Crippen LogP contribution < -0.4 is 5.73 Å². The highest BCUT2D eigenvalue weighted by atomic mass is 35.5. The molecule has 17 heavy (non-hydrogen) atoms. The maximum atomic E-state index is 13.8. The average Bonchev–Trinajstić information content (AvgIpc) is 2.32. The number of benzene rings is 1. The van der Waals surface area contributed by atoms with Gasteiger partial charge >= 0.3 is 0 Å². The Morgan fingerprint density at radius 1 is 1.35 bits per heavy atom. The van der Waals surface area contributed by atoms with Gasteiger partial charge in [-0.2, -0.15) is 0 Å². The minimum absolute atomic E-state index is 0.0422. The van der Waals surface area contributed by atoms with E-state index in [1.807, 2.05) is 13.8 Å². The number of hydrogen-bond donors (Lipinski definition) is 2. The fourth-order valence-corrected chi connectivity index (χ4v) is 2.05. The van der Waals surface area contributed by atoms with Crippen LogP contribution in [0, 0.1) is 11.7 Å². The molecule has 0 fully saturated rings. The molecule has 3 N–H and O–H groups in total. The Bertz CT molecular complexity index is 400. The minimum atomic E-state index is -0.879. The highest BCUT2D eigenvalue weighted by Gasteiger charge is 2.27. The van der Waals surface area contributed by atoms with E-state index in [0.29, 0.717) is 0 Å². The van der Waals surface area contributed by atoms with E-state index >= 15 is 0 Å². The molecule has 1 aromatic rings. The standard InChI is InChI=1S/C12H16Cl2FNO/c1-3-6(2)12(17)11(16)9-7(13)4-5-8(14)10(9)15/h4-6,11-12,17H,3,16H2,1-2H3/t6?,11-,12+/m0/s1. The lowest BCUT2D eigenvalue weighted by atomic mass is 9.91. The second kappa shape index (κ2) is 6.01. The summed E-state index contributed by atoms with van der Waals surface area (Å²) >= 11 is 11.6. The molecule has 1 rings (SSSR count). The van der Waals surface area contributed by atoms with Gasteiger partial charge in [-0.05, 0) is 18.1 Å². The molecule has 0 aliphatic carbocycles. The van der Waals surface area contributed by atoms with Crippen LogP contribution in [0.1, 0.15) is 31.9 Å². The zero-order valence-electron chi connectivity index (χ0n) is 9.75. The Morgan fingerprint density at radius 2 is 1.88 bits per heavy atom. The molecular formula is C12H16Cl2FNO. The van der Waals surface area contributed by atoms with E-state index in [4.69, 9.17) is 28.9 Å². The van der Waals surface area contributed by atoms with Crippen molar-refractivity contribution in [2.45, 2.75) is 32.4 Å². The normalized spacial score (nSPS) is 16.6. The molecule has 5 heteroatoms. The summed E-state index contributed by atoms with van der Waals surface area (Å²) < 4.78 is 13.8. The summed E-state index contributed by atoms with van der Waals surface area (Å²) in [6.07, 6.45) is -0.111. The zero-order chi connectivity index (χ0) is 13.2. The topological polar surface area (TPSA) is 46.2 Å². The summed E-state index contributed by atoms with van der Waals surface area (Å²) in [5.74, 6) is -0.700. The van der Waals surface area contributed by atoms with Gasteiger partial charge in [-0.1, -0.05) is 43.5 Å². The van der Waals surface area contributed by atoms with Gasteiger partial charge < -0.3 is 10.8 Å². The van der Waals surface area contributed by atoms with Crippen molar-refractivity contribution in [3.05, 3.63) is 33.6 Å². The van der Waals surface area contributed by atoms with Crippen molar-refractivity contribution in [1.29, 1.82) is 0 Å². The van der Waals surface area contributed by atoms with Crippen molar-refractivity contribution < 1.29 is 9.50 Å². The molecule has 0 bridgehead atoms. The van der Waals surface area contributed by atoms with E-state index in [1.165, 1.54) is 12.1 Å². The first-order valence-electron chi connectivity index (χ1n) is 5.47. The van der Waals surface area contributed by atoms with Gasteiger partial charge in [0.05, 0.1) is 17.2 Å². The number of aliphatic hydroxyl groups is 1. The molecule has 3 atom stereocenters. The SMILES string of the molecule is CCC(C)[C@@H](O)[C@@H](N)c1c(Cl)ccc(Cl)c1F. The predicted octanol–water partition coefficient (Wildman–Crippen LogP) is 3.54. The Kier molecular flexibility index (Phi) is 5.20. The maximum absolute atomic E-state index is 13.8. The zero-order valence-corrected chi connectivity index (χ0v) is 11.3.